The second kappa shape index (κ2) is 15.3. The van der Waals surface area contributed by atoms with Crippen LogP contribution in [-0.4, -0.2) is 63.2 Å². The van der Waals surface area contributed by atoms with E-state index in [1.54, 1.807) is 0 Å². The number of hydrogen-bond acceptors (Lipinski definition) is 4. The quantitative estimate of drug-likeness (QED) is 0.272. The molecular weight excluding hydrogens is 498 g/mol. The Balaban J connectivity index is 1.60. The average Bonchev–Trinajstić information content (AvgIpc) is 2.87. The maximum absolute atomic E-state index is 13.6. The lowest BCUT2D eigenvalue weighted by atomic mass is 9.80. The number of piperidine rings is 1. The summed E-state index contributed by atoms with van der Waals surface area (Å²) in [5.41, 5.74) is 1.05. The molecular formula is C29H45ClF2N2O3. The summed E-state index contributed by atoms with van der Waals surface area (Å²) in [6.45, 7) is 6.07. The number of carbonyl (C=O) groups excluding carboxylic acids is 1. The van der Waals surface area contributed by atoms with E-state index in [9.17, 15) is 13.6 Å². The molecule has 3 atom stereocenters. The maximum atomic E-state index is 13.6. The van der Waals surface area contributed by atoms with Gasteiger partial charge >= 0.3 is 0 Å². The van der Waals surface area contributed by atoms with Crippen LogP contribution in [0.2, 0.25) is 5.02 Å². The molecule has 0 spiro atoms. The van der Waals surface area contributed by atoms with Crippen LogP contribution in [0.1, 0.15) is 76.4 Å². The Hall–Kier alpha value is -1.28. The van der Waals surface area contributed by atoms with Crippen LogP contribution in [-0.2, 0) is 14.3 Å². The summed E-state index contributed by atoms with van der Waals surface area (Å²) < 4.78 is 39.0. The van der Waals surface area contributed by atoms with E-state index in [2.05, 4.69) is 11.4 Å². The van der Waals surface area contributed by atoms with E-state index in [1.165, 1.54) is 0 Å². The number of alkyl halides is 2. The van der Waals surface area contributed by atoms with E-state index in [1.807, 2.05) is 37.1 Å². The molecule has 1 aliphatic heterocycles. The zero-order valence-corrected chi connectivity index (χ0v) is 23.3. The van der Waals surface area contributed by atoms with Gasteiger partial charge in [-0.3, -0.25) is 4.79 Å². The first-order chi connectivity index (χ1) is 17.8. The highest BCUT2D eigenvalue weighted by atomic mass is 35.5. The van der Waals surface area contributed by atoms with Gasteiger partial charge in [0.2, 0.25) is 11.8 Å². The maximum Gasteiger partial charge on any atom is 0.248 e. The minimum atomic E-state index is -2.52. The predicted molar refractivity (Wildman–Crippen MR) is 144 cm³/mol. The van der Waals surface area contributed by atoms with Gasteiger partial charge in [0.25, 0.3) is 0 Å². The number of hydrogen-bond donors (Lipinski definition) is 1. The van der Waals surface area contributed by atoms with Crippen molar-refractivity contribution < 1.29 is 23.0 Å². The molecule has 37 heavy (non-hydrogen) atoms. The Bertz CT molecular complexity index is 818. The van der Waals surface area contributed by atoms with Crippen molar-refractivity contribution in [3.8, 4) is 0 Å². The molecule has 0 bridgehead atoms. The summed E-state index contributed by atoms with van der Waals surface area (Å²) in [7, 11) is 1.89. The van der Waals surface area contributed by atoms with E-state index in [-0.39, 0.29) is 42.6 Å². The number of rotatable bonds is 14. The highest BCUT2D eigenvalue weighted by Gasteiger charge is 2.36. The SMILES string of the molecule is CCOCCCO[C@@H](c1cccc(Cl)c1)[C@@H]1CCCN(C(=O)C[C@H](CNC)CC2CCC(F)(F)CC2)C1. The fourth-order valence-corrected chi connectivity index (χ4v) is 6.10. The van der Waals surface area contributed by atoms with E-state index in [0.717, 1.165) is 44.3 Å². The number of halogens is 3. The summed E-state index contributed by atoms with van der Waals surface area (Å²) in [6, 6.07) is 7.83. The summed E-state index contributed by atoms with van der Waals surface area (Å²) in [6.07, 6.45) is 4.94. The van der Waals surface area contributed by atoms with Gasteiger partial charge in [-0.2, -0.15) is 0 Å². The molecule has 1 heterocycles. The minimum absolute atomic E-state index is 0.0266. The molecule has 2 fully saturated rings. The highest BCUT2D eigenvalue weighted by Crippen LogP contribution is 2.39. The normalized spacial score (nSPS) is 22.1. The average molecular weight is 543 g/mol. The molecule has 1 aliphatic carbocycles. The number of benzene rings is 1. The zero-order valence-electron chi connectivity index (χ0n) is 22.5. The first kappa shape index (κ1) is 30.3. The standard InChI is InChI=1S/C29H45ClF2N2O3/c1-3-36-15-6-16-37-28(24-7-4-9-26(30)19-24)25-8-5-14-34(21-25)27(35)18-23(20-33-2)17-22-10-12-29(31,32)13-11-22/h4,7,9,19,22-23,25,28,33H,3,5-6,8,10-18,20-21H2,1-2H3/t23-,25-,28+/m1/s1. The number of ether oxygens (including phenoxy) is 2. The molecule has 1 aromatic rings. The molecule has 1 N–H and O–H groups in total. The van der Waals surface area contributed by atoms with Gasteiger partial charge in [-0.1, -0.05) is 23.7 Å². The van der Waals surface area contributed by atoms with Crippen LogP contribution in [0, 0.1) is 17.8 Å². The third-order valence-electron chi connectivity index (χ3n) is 7.81. The lowest BCUT2D eigenvalue weighted by Crippen LogP contribution is -2.43. The van der Waals surface area contributed by atoms with Gasteiger partial charge in [0, 0.05) is 63.1 Å². The Labute approximate surface area is 226 Å². The van der Waals surface area contributed by atoms with Crippen LogP contribution >= 0.6 is 11.6 Å². The number of nitrogens with one attached hydrogen (secondary N) is 1. The Morgan fingerprint density at radius 3 is 2.73 bits per heavy atom. The Morgan fingerprint density at radius 2 is 2.03 bits per heavy atom. The van der Waals surface area contributed by atoms with Crippen LogP contribution in [0.3, 0.4) is 0 Å². The molecule has 2 aliphatic rings. The molecule has 1 saturated heterocycles. The molecule has 0 radical (unpaired) electrons. The van der Waals surface area contributed by atoms with Gasteiger partial charge in [-0.15, -0.1) is 0 Å². The molecule has 210 valence electrons. The van der Waals surface area contributed by atoms with Gasteiger partial charge in [0.1, 0.15) is 0 Å². The number of nitrogens with zero attached hydrogens (tertiary/aromatic N) is 1. The van der Waals surface area contributed by atoms with Crippen molar-refractivity contribution in [2.24, 2.45) is 17.8 Å². The van der Waals surface area contributed by atoms with E-state index >= 15 is 0 Å². The fourth-order valence-electron chi connectivity index (χ4n) is 5.90. The number of likely N-dealkylation sites (tertiary alicyclic amines) is 1. The molecule has 1 aromatic carbocycles. The summed E-state index contributed by atoms with van der Waals surface area (Å²) in [5, 5.41) is 3.89. The third kappa shape index (κ3) is 10.1. The van der Waals surface area contributed by atoms with Gasteiger partial charge < -0.3 is 19.7 Å². The van der Waals surface area contributed by atoms with E-state index < -0.39 is 5.92 Å². The van der Waals surface area contributed by atoms with Crippen molar-refractivity contribution in [1.82, 2.24) is 10.2 Å². The summed E-state index contributed by atoms with van der Waals surface area (Å²) in [4.78, 5) is 15.4. The van der Waals surface area contributed by atoms with Crippen molar-refractivity contribution in [2.75, 3.05) is 46.5 Å². The Kier molecular flexibility index (Phi) is 12.6. The zero-order chi connectivity index (χ0) is 26.7. The predicted octanol–water partition coefficient (Wildman–Crippen LogP) is 6.50. The molecule has 0 aromatic heterocycles. The lowest BCUT2D eigenvalue weighted by molar-refractivity contribution is -0.136. The Morgan fingerprint density at radius 1 is 1.24 bits per heavy atom. The van der Waals surface area contributed by atoms with Crippen LogP contribution in [0.15, 0.2) is 24.3 Å². The van der Waals surface area contributed by atoms with Crippen molar-refractivity contribution >= 4 is 17.5 Å². The third-order valence-corrected chi connectivity index (χ3v) is 8.05. The van der Waals surface area contributed by atoms with Crippen molar-refractivity contribution in [3.05, 3.63) is 34.9 Å². The highest BCUT2D eigenvalue weighted by molar-refractivity contribution is 6.30. The van der Waals surface area contributed by atoms with Crippen molar-refractivity contribution in [1.29, 1.82) is 0 Å². The second-order valence-electron chi connectivity index (χ2n) is 10.8. The van der Waals surface area contributed by atoms with E-state index in [4.69, 9.17) is 21.1 Å². The molecule has 1 amide bonds. The van der Waals surface area contributed by atoms with Gasteiger partial charge in [-0.05, 0) is 88.6 Å². The fraction of sp³-hybridized carbons (Fsp3) is 0.759. The van der Waals surface area contributed by atoms with Crippen LogP contribution in [0.25, 0.3) is 0 Å². The molecule has 5 nitrogen and oxygen atoms in total. The van der Waals surface area contributed by atoms with Gasteiger partial charge in [-0.25, -0.2) is 8.78 Å². The molecule has 1 saturated carbocycles. The van der Waals surface area contributed by atoms with E-state index in [0.29, 0.717) is 50.7 Å². The van der Waals surface area contributed by atoms with Crippen molar-refractivity contribution in [2.45, 2.75) is 76.7 Å². The summed E-state index contributed by atoms with van der Waals surface area (Å²) >= 11 is 6.30. The minimum Gasteiger partial charge on any atom is -0.382 e. The van der Waals surface area contributed by atoms with Crippen molar-refractivity contribution in [3.63, 3.8) is 0 Å². The summed E-state index contributed by atoms with van der Waals surface area (Å²) in [5.74, 6) is -1.73. The second-order valence-corrected chi connectivity index (χ2v) is 11.2. The van der Waals surface area contributed by atoms with Crippen LogP contribution in [0.5, 0.6) is 0 Å². The van der Waals surface area contributed by atoms with Crippen LogP contribution < -0.4 is 5.32 Å². The molecule has 3 rings (SSSR count). The topological polar surface area (TPSA) is 50.8 Å². The number of amides is 1. The largest absolute Gasteiger partial charge is 0.382 e. The van der Waals surface area contributed by atoms with Crippen LogP contribution in [0.4, 0.5) is 8.78 Å². The first-order valence-corrected chi connectivity index (χ1v) is 14.4. The lowest BCUT2D eigenvalue weighted by Gasteiger charge is -2.38. The number of carbonyl (C=O) groups is 1. The molecule has 8 heteroatoms. The molecule has 0 unspecified atom stereocenters. The van der Waals surface area contributed by atoms with Gasteiger partial charge in [0.05, 0.1) is 6.10 Å². The monoisotopic (exact) mass is 542 g/mol. The first-order valence-electron chi connectivity index (χ1n) is 14.1. The van der Waals surface area contributed by atoms with Gasteiger partial charge in [0.15, 0.2) is 0 Å². The smallest absolute Gasteiger partial charge is 0.248 e.